The first kappa shape index (κ1) is 22.7. The number of halogens is 1. The molecule has 1 aliphatic heterocycles. The van der Waals surface area contributed by atoms with Crippen LogP contribution in [-0.4, -0.2) is 34.8 Å². The minimum absolute atomic E-state index is 0.110. The predicted molar refractivity (Wildman–Crippen MR) is 127 cm³/mol. The van der Waals surface area contributed by atoms with Gasteiger partial charge in [-0.1, -0.05) is 43.0 Å². The summed E-state index contributed by atoms with van der Waals surface area (Å²) in [6.45, 7) is 6.46. The van der Waals surface area contributed by atoms with E-state index in [-0.39, 0.29) is 24.5 Å². The Kier molecular flexibility index (Phi) is 6.64. The zero-order chi connectivity index (χ0) is 24.1. The average molecular weight is 455 g/mol. The largest absolute Gasteiger partial charge is 0.465 e. The molecule has 0 radical (unpaired) electrons. The van der Waals surface area contributed by atoms with E-state index < -0.39 is 11.9 Å². The van der Waals surface area contributed by atoms with Gasteiger partial charge in [0.25, 0.3) is 0 Å². The normalized spacial score (nSPS) is 12.4. The number of esters is 1. The number of nitriles is 1. The van der Waals surface area contributed by atoms with Crippen molar-refractivity contribution in [3.63, 3.8) is 0 Å². The summed E-state index contributed by atoms with van der Waals surface area (Å²) in [5.74, 6) is -0.942. The van der Waals surface area contributed by atoms with E-state index in [1.165, 1.54) is 0 Å². The van der Waals surface area contributed by atoms with Gasteiger partial charge in [-0.05, 0) is 36.8 Å². The smallest absolute Gasteiger partial charge is 0.325 e. The summed E-state index contributed by atoms with van der Waals surface area (Å²) < 4.78 is 20.0. The Morgan fingerprint density at radius 3 is 2.53 bits per heavy atom. The molecule has 0 fully saturated rings. The highest BCUT2D eigenvalue weighted by atomic mass is 19.1. The van der Waals surface area contributed by atoms with Crippen LogP contribution in [0.25, 0.3) is 5.70 Å². The number of pyridine rings is 1. The molecule has 8 heteroatoms. The molecule has 7 nitrogen and oxygen atoms in total. The van der Waals surface area contributed by atoms with E-state index in [0.29, 0.717) is 23.5 Å². The van der Waals surface area contributed by atoms with Crippen molar-refractivity contribution >= 4 is 23.2 Å². The molecule has 0 bridgehead atoms. The van der Waals surface area contributed by atoms with Crippen molar-refractivity contribution in [2.75, 3.05) is 18.5 Å². The molecule has 0 amide bonds. The Morgan fingerprint density at radius 1 is 1.12 bits per heavy atom. The fourth-order valence-electron chi connectivity index (χ4n) is 3.59. The Balaban J connectivity index is 1.65. The number of rotatable bonds is 7. The summed E-state index contributed by atoms with van der Waals surface area (Å²) in [4.78, 5) is 15.5. The van der Waals surface area contributed by atoms with Gasteiger partial charge in [-0.3, -0.25) is 9.80 Å². The fraction of sp³-hybridized carbons (Fsp3) is 0.154. The summed E-state index contributed by atoms with van der Waals surface area (Å²) in [6, 6.07) is 20.0. The van der Waals surface area contributed by atoms with E-state index >= 15 is 4.39 Å². The van der Waals surface area contributed by atoms with Crippen molar-refractivity contribution < 1.29 is 13.9 Å². The molecule has 0 spiro atoms. The highest BCUT2D eigenvalue weighted by Crippen LogP contribution is 2.31. The van der Waals surface area contributed by atoms with Gasteiger partial charge in [0.2, 0.25) is 5.95 Å². The Hall–Kier alpha value is -4.51. The molecule has 2 heterocycles. The Bertz CT molecular complexity index is 1310. The van der Waals surface area contributed by atoms with Gasteiger partial charge in [0, 0.05) is 11.1 Å². The molecule has 0 saturated heterocycles. The lowest BCUT2D eigenvalue weighted by atomic mass is 9.95. The number of nitrogens with one attached hydrogen (secondary N) is 1. The minimum Gasteiger partial charge on any atom is -0.465 e. The van der Waals surface area contributed by atoms with Crippen LogP contribution in [0.1, 0.15) is 34.7 Å². The second kappa shape index (κ2) is 9.96. The van der Waals surface area contributed by atoms with E-state index in [4.69, 9.17) is 15.1 Å². The van der Waals surface area contributed by atoms with Crippen LogP contribution in [0.2, 0.25) is 0 Å². The molecule has 0 saturated carbocycles. The maximum absolute atomic E-state index is 15.1. The number of fused-ring (bicyclic) bond motifs is 1. The third-order valence-corrected chi connectivity index (χ3v) is 5.26. The highest BCUT2D eigenvalue weighted by molar-refractivity contribution is 6.16. The summed E-state index contributed by atoms with van der Waals surface area (Å²) in [7, 11) is 0. The van der Waals surface area contributed by atoms with Crippen LogP contribution in [0.15, 0.2) is 72.3 Å². The van der Waals surface area contributed by atoms with E-state index in [0.717, 1.165) is 16.7 Å². The summed E-state index contributed by atoms with van der Waals surface area (Å²) >= 11 is 0. The average Bonchev–Trinajstić information content (AvgIpc) is 2.85. The van der Waals surface area contributed by atoms with Crippen molar-refractivity contribution in [1.82, 2.24) is 9.99 Å². The van der Waals surface area contributed by atoms with Crippen LogP contribution in [0, 0.1) is 17.3 Å². The molecule has 1 aromatic heterocycles. The molecule has 34 heavy (non-hydrogen) atoms. The van der Waals surface area contributed by atoms with Crippen LogP contribution in [0.5, 0.6) is 0 Å². The zero-order valence-electron chi connectivity index (χ0n) is 18.6. The van der Waals surface area contributed by atoms with Crippen molar-refractivity contribution in [2.24, 2.45) is 5.10 Å². The number of hydrogen-bond donors (Lipinski definition) is 1. The molecule has 4 rings (SSSR count). The third kappa shape index (κ3) is 4.79. The number of carbonyl (C=O) groups is 1. The maximum Gasteiger partial charge on any atom is 0.325 e. The summed E-state index contributed by atoms with van der Waals surface area (Å²) in [5, 5.41) is 18.2. The minimum atomic E-state index is -0.715. The van der Waals surface area contributed by atoms with Gasteiger partial charge in [-0.15, -0.1) is 0 Å². The topological polar surface area (TPSA) is 90.6 Å². The van der Waals surface area contributed by atoms with Crippen LogP contribution in [-0.2, 0) is 16.1 Å². The Morgan fingerprint density at radius 2 is 1.85 bits per heavy atom. The third-order valence-electron chi connectivity index (χ3n) is 5.26. The van der Waals surface area contributed by atoms with Gasteiger partial charge in [0.15, 0.2) is 0 Å². The number of benzene rings is 2. The van der Waals surface area contributed by atoms with Crippen molar-refractivity contribution in [3.05, 3.63) is 101 Å². The van der Waals surface area contributed by atoms with E-state index in [2.05, 4.69) is 22.9 Å². The molecular weight excluding hydrogens is 433 g/mol. The number of aromatic nitrogens is 1. The van der Waals surface area contributed by atoms with Crippen LogP contribution in [0.4, 0.5) is 10.2 Å². The van der Waals surface area contributed by atoms with Gasteiger partial charge >= 0.3 is 5.97 Å². The summed E-state index contributed by atoms with van der Waals surface area (Å²) in [5.41, 5.74) is 4.43. The molecule has 0 aliphatic carbocycles. The molecule has 1 aliphatic rings. The van der Waals surface area contributed by atoms with E-state index in [9.17, 15) is 4.79 Å². The van der Waals surface area contributed by atoms with Gasteiger partial charge in [-0.2, -0.15) is 14.8 Å². The molecule has 170 valence electrons. The van der Waals surface area contributed by atoms with Crippen LogP contribution in [0.3, 0.4) is 0 Å². The van der Waals surface area contributed by atoms with Gasteiger partial charge in [0.05, 0.1) is 36.0 Å². The number of nitrogens with zero attached hydrogens (tertiary/aromatic N) is 4. The standard InChI is InChI=1S/C26H22FN5O2/c1-3-34-24(33)15-29-23-13-12-22(26(27)30-23)25-21-7-5-4-6-20(21)17(2)32(31-25)16-19-10-8-18(14-28)9-11-19/h4-13H,2-3,15-16H2,1H3,(H,29,30). The molecule has 0 unspecified atom stereocenters. The lowest BCUT2D eigenvalue weighted by molar-refractivity contribution is -0.140. The van der Waals surface area contributed by atoms with Crippen LogP contribution < -0.4 is 5.32 Å². The maximum atomic E-state index is 15.1. The Labute approximate surface area is 196 Å². The summed E-state index contributed by atoms with van der Waals surface area (Å²) in [6.07, 6.45) is 0. The molecule has 1 N–H and O–H groups in total. The second-order valence-electron chi connectivity index (χ2n) is 7.50. The number of anilines is 1. The first-order valence-corrected chi connectivity index (χ1v) is 10.7. The van der Waals surface area contributed by atoms with Crippen molar-refractivity contribution in [2.45, 2.75) is 13.5 Å². The number of carbonyl (C=O) groups excluding carboxylic acids is 1. The first-order chi connectivity index (χ1) is 16.5. The fourth-order valence-corrected chi connectivity index (χ4v) is 3.59. The quantitative estimate of drug-likeness (QED) is 0.422. The number of hydrazone groups is 1. The van der Waals surface area contributed by atoms with Crippen molar-refractivity contribution in [1.29, 1.82) is 5.26 Å². The zero-order valence-corrected chi connectivity index (χ0v) is 18.6. The lowest BCUT2D eigenvalue weighted by Crippen LogP contribution is -2.26. The number of hydrogen-bond acceptors (Lipinski definition) is 7. The van der Waals surface area contributed by atoms with Gasteiger partial charge in [-0.25, -0.2) is 4.98 Å². The first-order valence-electron chi connectivity index (χ1n) is 10.7. The molecule has 3 aromatic rings. The lowest BCUT2D eigenvalue weighted by Gasteiger charge is -2.29. The van der Waals surface area contributed by atoms with E-state index in [1.54, 1.807) is 36.2 Å². The molecule has 0 atom stereocenters. The number of ether oxygens (including phenoxy) is 1. The van der Waals surface area contributed by atoms with Gasteiger partial charge < -0.3 is 10.1 Å². The SMILES string of the molecule is C=C1c2ccccc2C(c2ccc(NCC(=O)OCC)nc2F)=NN1Cc1ccc(C#N)cc1. The van der Waals surface area contributed by atoms with Gasteiger partial charge in [0.1, 0.15) is 18.1 Å². The molecule has 2 aromatic carbocycles. The van der Waals surface area contributed by atoms with Crippen LogP contribution >= 0.6 is 0 Å². The monoisotopic (exact) mass is 455 g/mol. The molecular formula is C26H22FN5O2. The second-order valence-corrected chi connectivity index (χ2v) is 7.50. The highest BCUT2D eigenvalue weighted by Gasteiger charge is 2.26. The van der Waals surface area contributed by atoms with Crippen molar-refractivity contribution in [3.8, 4) is 6.07 Å². The predicted octanol–water partition coefficient (Wildman–Crippen LogP) is 4.31. The van der Waals surface area contributed by atoms with E-state index in [1.807, 2.05) is 36.4 Å².